The SMILES string of the molecule is CC(C)C[C@H](NC(=O)[C@H](Cc1cnc[nH]1)NC(=O)[C@@H](NC(=O)[C@@H](N)CCCN=C(N)N)[C@@H](C)O)C(=O)N[C@@H](C)C(=O)N1CCC[C@H]1C(=O)N[C@@H](Cc1ccc(O)cc1)C(=O)N[C@@H](CO)C(=O)N[C@@H](CC(=O)O)C(=O)N[C@@H](CCC(=O)O)C(=O)N[C@@H](CC(C)C)C(=O)N[C@@H](CCCN=C(N)N)C(=O)N[C@@H](CCC(N)=O)C(=O)O. The van der Waals surface area contributed by atoms with Crippen LogP contribution in [0.3, 0.4) is 0 Å². The number of primary amides is 1. The van der Waals surface area contributed by atoms with Gasteiger partial charge in [-0.2, -0.15) is 0 Å². The summed E-state index contributed by atoms with van der Waals surface area (Å²) in [4.78, 5) is 232. The molecule has 44 heteroatoms. The Bertz CT molecular complexity index is 3630. The Morgan fingerprint density at radius 1 is 0.536 bits per heavy atom. The van der Waals surface area contributed by atoms with Gasteiger partial charge in [-0.05, 0) is 108 Å². The lowest BCUT2D eigenvalue weighted by molar-refractivity contribution is -0.143. The molecule has 0 bridgehead atoms. The second-order valence-corrected chi connectivity index (χ2v) is 27.7. The van der Waals surface area contributed by atoms with Crippen LogP contribution in [0.25, 0.3) is 0 Å². The van der Waals surface area contributed by atoms with Crippen LogP contribution in [-0.2, 0) is 89.6 Å². The van der Waals surface area contributed by atoms with Crippen molar-refractivity contribution in [1.29, 1.82) is 0 Å². The number of carbonyl (C=O) groups excluding carboxylic acids is 13. The number of carboxylic acid groups (broad SMARTS) is 3. The van der Waals surface area contributed by atoms with E-state index in [2.05, 4.69) is 78.4 Å². The van der Waals surface area contributed by atoms with Gasteiger partial charge in [-0.25, -0.2) is 9.78 Å². The lowest BCUT2D eigenvalue weighted by Crippen LogP contribution is -2.61. The number of rotatable bonds is 50. The molecule has 0 spiro atoms. The summed E-state index contributed by atoms with van der Waals surface area (Å²) in [6.45, 7) is 8.01. The Labute approximate surface area is 643 Å². The first-order valence-corrected chi connectivity index (χ1v) is 36.1. The zero-order valence-electron chi connectivity index (χ0n) is 63.1. The number of H-pyrrole nitrogens is 1. The topological polar surface area (TPSA) is 740 Å². The molecular formula is C68H108N22O22. The molecule has 0 unspecified atom stereocenters. The van der Waals surface area contributed by atoms with Gasteiger partial charge in [-0.1, -0.05) is 39.8 Å². The number of nitrogens with two attached hydrogens (primary N) is 6. The van der Waals surface area contributed by atoms with Crippen molar-refractivity contribution >= 4 is 107 Å². The number of hydrogen-bond donors (Lipinski definition) is 24. The van der Waals surface area contributed by atoms with Crippen molar-refractivity contribution in [3.05, 3.63) is 48.0 Å². The summed E-state index contributed by atoms with van der Waals surface area (Å²) >= 11 is 0. The number of aliphatic carboxylic acids is 3. The van der Waals surface area contributed by atoms with Gasteiger partial charge in [-0.15, -0.1) is 0 Å². The highest BCUT2D eigenvalue weighted by molar-refractivity contribution is 6.01. The number of aliphatic hydroxyl groups is 2. The van der Waals surface area contributed by atoms with Crippen molar-refractivity contribution < 1.29 is 107 Å². The number of hydrogen-bond acceptors (Lipinski definition) is 23. The van der Waals surface area contributed by atoms with E-state index in [0.29, 0.717) is 11.3 Å². The zero-order chi connectivity index (χ0) is 84.2. The molecule has 1 aliphatic heterocycles. The predicted molar refractivity (Wildman–Crippen MR) is 396 cm³/mol. The highest BCUT2D eigenvalue weighted by Crippen LogP contribution is 2.21. The van der Waals surface area contributed by atoms with Gasteiger partial charge in [0.1, 0.15) is 78.3 Å². The van der Waals surface area contributed by atoms with Crippen molar-refractivity contribution in [3.8, 4) is 5.75 Å². The van der Waals surface area contributed by atoms with Crippen LogP contribution in [0.2, 0.25) is 0 Å². The lowest BCUT2D eigenvalue weighted by Gasteiger charge is -2.30. The molecule has 1 aliphatic rings. The number of amides is 13. The molecule has 30 N–H and O–H groups in total. The third-order valence-corrected chi connectivity index (χ3v) is 17.2. The summed E-state index contributed by atoms with van der Waals surface area (Å²) in [6, 6.07) is -15.8. The van der Waals surface area contributed by atoms with Gasteiger partial charge in [0.15, 0.2) is 11.9 Å². The highest BCUT2D eigenvalue weighted by atomic mass is 16.4. The number of benzene rings is 1. The van der Waals surface area contributed by atoms with E-state index in [9.17, 15) is 107 Å². The van der Waals surface area contributed by atoms with Gasteiger partial charge >= 0.3 is 17.9 Å². The molecule has 1 saturated heterocycles. The van der Waals surface area contributed by atoms with E-state index in [1.807, 2.05) is 0 Å². The van der Waals surface area contributed by atoms with Gasteiger partial charge in [-0.3, -0.25) is 81.9 Å². The fourth-order valence-corrected chi connectivity index (χ4v) is 11.4. The maximum absolute atomic E-state index is 14.5. The first-order chi connectivity index (χ1) is 52.6. The smallest absolute Gasteiger partial charge is 0.326 e. The van der Waals surface area contributed by atoms with Crippen LogP contribution in [0.4, 0.5) is 0 Å². The molecule has 0 radical (unpaired) electrons. The summed E-state index contributed by atoms with van der Waals surface area (Å²) in [5.74, 6) is -19.8. The normalized spacial score (nSPS) is 16.0. The molecular weight excluding hydrogens is 1480 g/mol. The Balaban J connectivity index is 1.88. The van der Waals surface area contributed by atoms with E-state index in [1.165, 1.54) is 50.6 Å². The van der Waals surface area contributed by atoms with Crippen molar-refractivity contribution in [2.75, 3.05) is 26.2 Å². The summed E-state index contributed by atoms with van der Waals surface area (Å²) in [5.41, 5.74) is 33.4. The van der Waals surface area contributed by atoms with Gasteiger partial charge in [0.2, 0.25) is 76.8 Å². The van der Waals surface area contributed by atoms with Gasteiger partial charge in [0.05, 0.1) is 31.5 Å². The molecule has 0 aliphatic carbocycles. The average Bonchev–Trinajstić information content (AvgIpc) is 1.62. The molecule has 44 nitrogen and oxygen atoms in total. The van der Waals surface area contributed by atoms with E-state index in [-0.39, 0.29) is 101 Å². The summed E-state index contributed by atoms with van der Waals surface area (Å²) in [6.07, 6.45) is -3.04. The molecule has 1 aromatic heterocycles. The first-order valence-electron chi connectivity index (χ1n) is 36.1. The van der Waals surface area contributed by atoms with Crippen LogP contribution in [0, 0.1) is 11.8 Å². The fraction of sp³-hybridized carbons (Fsp3) is 0.603. The third kappa shape index (κ3) is 34.0. The zero-order valence-corrected chi connectivity index (χ0v) is 63.1. The van der Waals surface area contributed by atoms with E-state index in [0.717, 1.165) is 4.90 Å². The number of aliphatic hydroxyl groups excluding tert-OH is 2. The molecule has 112 heavy (non-hydrogen) atoms. The van der Waals surface area contributed by atoms with Gasteiger partial charge in [0.25, 0.3) is 0 Å². The minimum atomic E-state index is -2.18. The van der Waals surface area contributed by atoms with E-state index < -0.39 is 230 Å². The Hall–Kier alpha value is -11.8. The number of aromatic amines is 1. The highest BCUT2D eigenvalue weighted by Gasteiger charge is 2.41. The molecule has 2 aromatic rings. The molecule has 1 aromatic carbocycles. The number of carbonyl (C=O) groups is 16. The van der Waals surface area contributed by atoms with Crippen LogP contribution in [-0.4, -0.2) is 263 Å². The molecule has 0 saturated carbocycles. The Morgan fingerprint density at radius 2 is 1.00 bits per heavy atom. The predicted octanol–water partition coefficient (Wildman–Crippen LogP) is -8.17. The van der Waals surface area contributed by atoms with Crippen LogP contribution in [0.1, 0.15) is 136 Å². The van der Waals surface area contributed by atoms with Crippen molar-refractivity contribution in [1.82, 2.24) is 73.4 Å². The maximum atomic E-state index is 14.5. The molecule has 1 fully saturated rings. The number of aromatic nitrogens is 2. The third-order valence-electron chi connectivity index (χ3n) is 17.2. The van der Waals surface area contributed by atoms with E-state index in [1.54, 1.807) is 27.7 Å². The molecule has 3 rings (SSSR count). The average molecular weight is 1590 g/mol. The number of guanidine groups is 2. The van der Waals surface area contributed by atoms with Crippen LogP contribution >= 0.6 is 0 Å². The second-order valence-electron chi connectivity index (χ2n) is 27.7. The van der Waals surface area contributed by atoms with Crippen LogP contribution in [0.15, 0.2) is 46.8 Å². The number of likely N-dealkylation sites (tertiary alicyclic amines) is 1. The Morgan fingerprint density at radius 3 is 1.50 bits per heavy atom. The number of nitrogens with zero attached hydrogens (tertiary/aromatic N) is 4. The molecule has 2 heterocycles. The minimum Gasteiger partial charge on any atom is -0.508 e. The summed E-state index contributed by atoms with van der Waals surface area (Å²) in [7, 11) is 0. The number of aromatic hydroxyl groups is 1. The summed E-state index contributed by atoms with van der Waals surface area (Å²) < 4.78 is 0. The number of nitrogens with one attached hydrogen (secondary N) is 12. The van der Waals surface area contributed by atoms with Crippen molar-refractivity contribution in [2.45, 2.75) is 223 Å². The van der Waals surface area contributed by atoms with Gasteiger partial charge < -0.3 is 133 Å². The monoisotopic (exact) mass is 1580 g/mol. The summed E-state index contributed by atoms with van der Waals surface area (Å²) in [5, 5.41) is 87.0. The fourth-order valence-electron chi connectivity index (χ4n) is 11.4. The quantitative estimate of drug-likeness (QED) is 0.0166. The maximum Gasteiger partial charge on any atom is 0.326 e. The molecule has 622 valence electrons. The number of phenols is 1. The van der Waals surface area contributed by atoms with E-state index in [4.69, 9.17) is 34.4 Å². The van der Waals surface area contributed by atoms with Crippen molar-refractivity contribution in [2.24, 2.45) is 56.2 Å². The standard InChI is InChI=1S/C68H108N22O22/c1-32(2)24-43(84-60(105)46(27-37-29-75-31-78-37)87-64(109)53(35(6)92)89-54(99)39(69)10-7-21-76-67(71)72)57(102)79-34(5)65(110)90-23-9-12-49(90)63(108)86-45(26-36-13-15-38(93)16-14-36)59(104)88-48(30-91)62(107)85-47(28-52(97)98)61(106)81-41(18-20-51(95)96)56(101)83-44(25-33(3)4)58(103)80-40(11-8-22-77-68(73)74)55(100)82-42(66(111)112)17-19-50(70)94/h13-16,29,31-35,39-49,53,91-93H,7-12,17-28,30,69H2,1-6H3,(H2,70,94)(H,75,78)(H,79,102)(H,80,103)(H,81,106)(H,82,100)(H,83,101)(H,84,105)(H,85,107)(H,86,108)(H,87,109)(H,88,104)(H,89,99)(H,95,96)(H,97,98)(H,111,112)(H4,71,72,76)(H4,73,74,77)/t34-,35+,39-,40-,41-,42-,43-,44-,45-,46-,47-,48-,49-,53-/m0/s1. The molecule has 14 atom stereocenters. The largest absolute Gasteiger partial charge is 0.508 e. The first kappa shape index (κ1) is 94.4. The van der Waals surface area contributed by atoms with Gasteiger partial charge in [0, 0.05) is 57.2 Å². The lowest BCUT2D eigenvalue weighted by atomic mass is 10.0. The number of carboxylic acids is 3. The number of phenolic OH excluding ortho intramolecular Hbond substituents is 1. The number of imidazole rings is 1. The van der Waals surface area contributed by atoms with E-state index >= 15 is 0 Å². The molecule has 13 amide bonds. The second kappa shape index (κ2) is 47.3. The van der Waals surface area contributed by atoms with Crippen LogP contribution < -0.4 is 92.9 Å². The van der Waals surface area contributed by atoms with Crippen LogP contribution in [0.5, 0.6) is 5.75 Å². The minimum absolute atomic E-state index is 0.000477. The number of aliphatic imine (C=N–C) groups is 2. The Kier molecular flexibility index (Phi) is 39.8. The van der Waals surface area contributed by atoms with Crippen molar-refractivity contribution in [3.63, 3.8) is 0 Å².